The number of hydrazone groups is 1. The van der Waals surface area contributed by atoms with Gasteiger partial charge in [0.25, 0.3) is 5.96 Å². The first-order chi connectivity index (χ1) is 23.6. The number of carbonyl (C=O) groups is 3. The number of nitro groups is 1. The molecule has 0 radical (unpaired) electrons. The number of amides is 3. The zero-order chi connectivity index (χ0) is 35.2. The van der Waals surface area contributed by atoms with Crippen LogP contribution in [0.3, 0.4) is 0 Å². The van der Waals surface area contributed by atoms with Crippen molar-refractivity contribution >= 4 is 34.6 Å². The van der Waals surface area contributed by atoms with E-state index in [2.05, 4.69) is 31.4 Å². The van der Waals surface area contributed by atoms with Crippen LogP contribution in [0.1, 0.15) is 29.5 Å². The van der Waals surface area contributed by atoms with Gasteiger partial charge in [0.15, 0.2) is 5.03 Å². The Labute approximate surface area is 282 Å². The van der Waals surface area contributed by atoms with Crippen LogP contribution < -0.4 is 32.7 Å². The number of phenolic OH excluding ortho intramolecular Hbond substituents is 1. The molecule has 4 rings (SSSR count). The smallest absolute Gasteiger partial charge is 0.266 e. The molecule has 1 aromatic heterocycles. The number of benzene rings is 3. The molecule has 0 aliphatic heterocycles. The lowest BCUT2D eigenvalue weighted by Crippen LogP contribution is -2.56. The van der Waals surface area contributed by atoms with Gasteiger partial charge in [-0.2, -0.15) is 0 Å². The number of aromatic nitrogens is 1. The summed E-state index contributed by atoms with van der Waals surface area (Å²) in [7, 11) is 0. The average molecular weight is 672 g/mol. The number of phenols is 1. The highest BCUT2D eigenvalue weighted by molar-refractivity contribution is 5.93. The molecule has 0 bridgehead atoms. The van der Waals surface area contributed by atoms with E-state index in [9.17, 15) is 29.6 Å². The maximum atomic E-state index is 13.8. The highest BCUT2D eigenvalue weighted by Crippen LogP contribution is 2.18. The molecule has 258 valence electrons. The van der Waals surface area contributed by atoms with E-state index in [1.807, 2.05) is 60.8 Å². The fourth-order valence-corrected chi connectivity index (χ4v) is 5.29. The third-order valence-electron chi connectivity index (χ3n) is 7.81. The van der Waals surface area contributed by atoms with Gasteiger partial charge in [-0.3, -0.25) is 14.4 Å². The van der Waals surface area contributed by atoms with Crippen molar-refractivity contribution in [2.24, 2.45) is 16.6 Å². The minimum atomic E-state index is -1.07. The summed E-state index contributed by atoms with van der Waals surface area (Å²) in [6.45, 7) is 0.443. The van der Waals surface area contributed by atoms with Gasteiger partial charge in [-0.15, -0.1) is 0 Å². The number of para-hydroxylation sites is 1. The molecule has 0 aliphatic rings. The van der Waals surface area contributed by atoms with Crippen molar-refractivity contribution in [3.63, 3.8) is 0 Å². The van der Waals surface area contributed by atoms with Gasteiger partial charge in [0.1, 0.15) is 22.9 Å². The molecule has 0 saturated carbocycles. The molecule has 49 heavy (non-hydrogen) atoms. The number of H-pyrrole nitrogens is 1. The highest BCUT2D eigenvalue weighted by Gasteiger charge is 2.28. The molecule has 3 atom stereocenters. The molecule has 15 heteroatoms. The summed E-state index contributed by atoms with van der Waals surface area (Å²) in [5.41, 5.74) is 15.2. The highest BCUT2D eigenvalue weighted by atomic mass is 16.7. The van der Waals surface area contributed by atoms with Crippen LogP contribution in [-0.2, 0) is 33.6 Å². The summed E-state index contributed by atoms with van der Waals surface area (Å²) in [4.78, 5) is 54.2. The van der Waals surface area contributed by atoms with Gasteiger partial charge in [0.2, 0.25) is 17.7 Å². The van der Waals surface area contributed by atoms with E-state index < -0.39 is 40.9 Å². The fourth-order valence-electron chi connectivity index (χ4n) is 5.29. The normalized spacial score (nSPS) is 13.2. The first-order valence-corrected chi connectivity index (χ1v) is 15.8. The Balaban J connectivity index is 1.45. The number of fused-ring (bicyclic) bond motifs is 1. The number of nitrogens with one attached hydrogen (secondary N) is 5. The molecule has 3 amide bonds. The Bertz CT molecular complexity index is 1740. The van der Waals surface area contributed by atoms with Gasteiger partial charge in [-0.1, -0.05) is 60.7 Å². The molecular formula is C34H41N9O6. The van der Waals surface area contributed by atoms with Gasteiger partial charge in [-0.05, 0) is 60.6 Å². The van der Waals surface area contributed by atoms with E-state index >= 15 is 0 Å². The summed E-state index contributed by atoms with van der Waals surface area (Å²) < 4.78 is 0. The van der Waals surface area contributed by atoms with Crippen LogP contribution in [0.4, 0.5) is 0 Å². The molecule has 4 aromatic rings. The second-order valence-corrected chi connectivity index (χ2v) is 11.5. The summed E-state index contributed by atoms with van der Waals surface area (Å²) in [5, 5.41) is 34.3. The maximum absolute atomic E-state index is 13.8. The topological polar surface area (TPSA) is 243 Å². The maximum Gasteiger partial charge on any atom is 0.266 e. The van der Waals surface area contributed by atoms with Crippen molar-refractivity contribution in [2.75, 3.05) is 13.1 Å². The van der Waals surface area contributed by atoms with Crippen molar-refractivity contribution in [3.8, 4) is 5.75 Å². The number of hydrogen-bond donors (Lipinski definition) is 8. The Morgan fingerprint density at radius 1 is 0.837 bits per heavy atom. The summed E-state index contributed by atoms with van der Waals surface area (Å²) in [6.07, 6.45) is 3.18. The number of nitrogens with zero attached hydrogens (tertiary/aromatic N) is 2. The minimum Gasteiger partial charge on any atom is -0.508 e. The first kappa shape index (κ1) is 35.9. The van der Waals surface area contributed by atoms with E-state index in [0.717, 1.165) is 27.6 Å². The molecule has 1 heterocycles. The zero-order valence-corrected chi connectivity index (χ0v) is 26.8. The molecule has 15 nitrogen and oxygen atoms in total. The van der Waals surface area contributed by atoms with Crippen molar-refractivity contribution in [1.29, 1.82) is 0 Å². The Morgan fingerprint density at radius 2 is 1.51 bits per heavy atom. The van der Waals surface area contributed by atoms with Crippen molar-refractivity contribution in [1.82, 2.24) is 26.3 Å². The Hall–Kier alpha value is -5.96. The molecule has 0 fully saturated rings. The van der Waals surface area contributed by atoms with Gasteiger partial charge in [0, 0.05) is 36.6 Å². The second-order valence-electron chi connectivity index (χ2n) is 11.5. The second kappa shape index (κ2) is 17.8. The quantitative estimate of drug-likeness (QED) is 0.0264. The fraction of sp³-hybridized carbons (Fsp3) is 0.294. The summed E-state index contributed by atoms with van der Waals surface area (Å²) >= 11 is 0. The predicted molar refractivity (Wildman–Crippen MR) is 185 cm³/mol. The van der Waals surface area contributed by atoms with Gasteiger partial charge >= 0.3 is 0 Å². The van der Waals surface area contributed by atoms with Crippen LogP contribution >= 0.6 is 0 Å². The molecule has 3 aromatic carbocycles. The largest absolute Gasteiger partial charge is 0.508 e. The van der Waals surface area contributed by atoms with Crippen LogP contribution in [-0.4, -0.2) is 70.0 Å². The van der Waals surface area contributed by atoms with Gasteiger partial charge in [0.05, 0.1) is 6.04 Å². The number of nitrogens with two attached hydrogens (primary N) is 2. The van der Waals surface area contributed by atoms with Crippen LogP contribution in [0.5, 0.6) is 5.75 Å². The molecular weight excluding hydrogens is 630 g/mol. The third-order valence-corrected chi connectivity index (χ3v) is 7.81. The predicted octanol–water partition coefficient (Wildman–Crippen LogP) is 1.19. The summed E-state index contributed by atoms with van der Waals surface area (Å²) in [6, 6.07) is 20.2. The monoisotopic (exact) mass is 671 g/mol. The van der Waals surface area contributed by atoms with E-state index in [4.69, 9.17) is 11.5 Å². The van der Waals surface area contributed by atoms with E-state index in [-0.39, 0.29) is 37.5 Å². The van der Waals surface area contributed by atoms with Crippen LogP contribution in [0, 0.1) is 10.1 Å². The van der Waals surface area contributed by atoms with Crippen molar-refractivity contribution in [2.45, 2.75) is 50.2 Å². The van der Waals surface area contributed by atoms with Crippen LogP contribution in [0.25, 0.3) is 10.9 Å². The molecule has 0 unspecified atom stereocenters. The lowest BCUT2D eigenvalue weighted by atomic mass is 10.0. The SMILES string of the molecule is N/C(=N\[N+](=O)[O-])NCCC[C@H](NC(=O)[C@@H](Cc1ccccc1)NC(=O)[C@@H](N)Cc1ccc(O)cc1)C(=O)NCCc1c[nH]c2ccccc12. The number of carbonyl (C=O) groups excluding carboxylic acids is 3. The average Bonchev–Trinajstić information content (AvgIpc) is 3.49. The number of rotatable bonds is 17. The summed E-state index contributed by atoms with van der Waals surface area (Å²) in [5.74, 6) is -1.89. The van der Waals surface area contributed by atoms with E-state index in [1.54, 1.807) is 12.1 Å². The third kappa shape index (κ3) is 11.4. The number of aromatic hydroxyl groups is 1. The van der Waals surface area contributed by atoms with Gasteiger partial charge in [-0.25, -0.2) is 10.1 Å². The van der Waals surface area contributed by atoms with Crippen LogP contribution in [0.15, 0.2) is 90.2 Å². The molecule has 0 spiro atoms. The van der Waals surface area contributed by atoms with Gasteiger partial charge < -0.3 is 42.8 Å². The molecule has 10 N–H and O–H groups in total. The lowest BCUT2D eigenvalue weighted by molar-refractivity contribution is -0.485. The lowest BCUT2D eigenvalue weighted by Gasteiger charge is -2.24. The number of aromatic amines is 1. The minimum absolute atomic E-state index is 0.0851. The first-order valence-electron chi connectivity index (χ1n) is 15.8. The van der Waals surface area contributed by atoms with Crippen molar-refractivity contribution < 1.29 is 24.5 Å². The number of hydrogen-bond acceptors (Lipinski definition) is 7. The molecule has 0 saturated heterocycles. The molecule has 0 aliphatic carbocycles. The van der Waals surface area contributed by atoms with Crippen LogP contribution in [0.2, 0.25) is 0 Å². The van der Waals surface area contributed by atoms with Crippen molar-refractivity contribution in [3.05, 3.63) is 112 Å². The number of guanidine groups is 1. The Morgan fingerprint density at radius 3 is 2.24 bits per heavy atom. The Kier molecular flexibility index (Phi) is 13.0. The van der Waals surface area contributed by atoms with E-state index in [1.165, 1.54) is 12.1 Å². The standard InChI is InChI=1S/C34H41N9O6/c35-27(19-23-12-14-25(44)15-13-23)31(45)41-30(20-22-7-2-1-3-8-22)33(47)40-29(11-6-17-38-34(36)42-43(48)49)32(46)37-18-16-24-21-39-28-10-5-4-9-26(24)28/h1-5,7-10,12-15,21,27,29-30,39,44H,6,11,16-20,35H2,(H,37,46)(H,40,47)(H,41,45)(H3,36,38,42)/t27-,29-,30+/m0/s1. The zero-order valence-electron chi connectivity index (χ0n) is 26.8. The van der Waals surface area contributed by atoms with E-state index in [0.29, 0.717) is 19.4 Å².